The molecule has 1 fully saturated rings. The number of aliphatic hydroxyl groups excluding tert-OH is 1. The highest BCUT2D eigenvalue weighted by Crippen LogP contribution is 2.66. The van der Waals surface area contributed by atoms with E-state index in [-0.39, 0.29) is 17.0 Å². The molecule has 22 heteroatoms. The van der Waals surface area contributed by atoms with Crippen LogP contribution in [0.2, 0.25) is 0 Å². The van der Waals surface area contributed by atoms with E-state index in [9.17, 15) is 33.4 Å². The van der Waals surface area contributed by atoms with Gasteiger partial charge >= 0.3 is 29.4 Å². The molecule has 0 aliphatic carbocycles. The Morgan fingerprint density at radius 3 is 2.44 bits per heavy atom. The van der Waals surface area contributed by atoms with Gasteiger partial charge in [0.15, 0.2) is 23.8 Å². The normalized spacial score (nSPS) is 26.8. The molecule has 0 spiro atoms. The van der Waals surface area contributed by atoms with Gasteiger partial charge < -0.3 is 39.9 Å². The molecule has 6 atom stereocenters. The molecular weight excluding hydrogens is 531 g/mol. The predicted octanol–water partition coefficient (Wildman–Crippen LogP) is -1.06. The van der Waals surface area contributed by atoms with Crippen molar-refractivity contribution in [3.63, 3.8) is 0 Å². The van der Waals surface area contributed by atoms with Crippen LogP contribution >= 0.6 is 23.5 Å². The molecule has 3 heterocycles. The van der Waals surface area contributed by atoms with Crippen LogP contribution in [0.3, 0.4) is 0 Å². The average molecular weight is 549 g/mol. The molecule has 2 aromatic heterocycles. The minimum Gasteiger partial charge on any atom is -0.455 e. The lowest BCUT2D eigenvalue weighted by atomic mass is 10.1. The number of hydrogen-bond donors (Lipinski definition) is 6. The Morgan fingerprint density at radius 2 is 1.82 bits per heavy atom. The lowest BCUT2D eigenvalue weighted by Crippen LogP contribution is -2.36. The molecule has 0 aromatic carbocycles. The zero-order valence-electron chi connectivity index (χ0n) is 16.8. The first kappa shape index (κ1) is 26.7. The summed E-state index contributed by atoms with van der Waals surface area (Å²) in [6.07, 6.45) is -3.52. The highest BCUT2D eigenvalue weighted by Gasteiger charge is 2.49. The number of carbonyl (C=O) groups is 1. The van der Waals surface area contributed by atoms with Crippen LogP contribution in [0.25, 0.3) is 11.2 Å². The van der Waals surface area contributed by atoms with Crippen LogP contribution < -0.4 is 5.73 Å². The Labute approximate surface area is 188 Å². The number of ether oxygens (including phenoxy) is 2. The number of phosphoric ester groups is 1. The van der Waals surface area contributed by atoms with Crippen LogP contribution in [-0.4, -0.2) is 75.1 Å². The SMILES string of the molecule is CC(=O)OC1C(O)[C@@H](COP(=O)(O)OP(=O)(O)OP(=O)(O)O)O[C@H]1n1cnc2c(N)ncnc21. The lowest BCUT2D eigenvalue weighted by Gasteiger charge is -2.21. The molecule has 3 rings (SSSR count). The monoisotopic (exact) mass is 549 g/mol. The maximum Gasteiger partial charge on any atom is 0.490 e. The van der Waals surface area contributed by atoms with Crippen LogP contribution in [0.15, 0.2) is 12.7 Å². The number of nitrogen functional groups attached to an aromatic ring is 1. The number of nitrogens with zero attached hydrogens (tertiary/aromatic N) is 4. The number of rotatable bonds is 9. The summed E-state index contributed by atoms with van der Waals surface area (Å²) >= 11 is 0. The third kappa shape index (κ3) is 6.42. The number of hydrogen-bond acceptors (Lipinski definition) is 14. The molecule has 1 saturated heterocycles. The number of fused-ring (bicyclic) bond motifs is 1. The van der Waals surface area contributed by atoms with Gasteiger partial charge in [-0.25, -0.2) is 28.6 Å². The van der Waals surface area contributed by atoms with Gasteiger partial charge in [-0.15, -0.1) is 0 Å². The number of aliphatic hydroxyl groups is 1. The first-order chi connectivity index (χ1) is 15.6. The second kappa shape index (κ2) is 9.66. The average Bonchev–Trinajstić information content (AvgIpc) is 3.20. The summed E-state index contributed by atoms with van der Waals surface area (Å²) in [5.74, 6) is -0.791. The van der Waals surface area contributed by atoms with E-state index in [0.717, 1.165) is 13.3 Å². The molecule has 4 unspecified atom stereocenters. The van der Waals surface area contributed by atoms with Crippen molar-refractivity contribution in [2.24, 2.45) is 0 Å². The second-order valence-corrected chi connectivity index (χ2v) is 11.0. The van der Waals surface area contributed by atoms with E-state index in [1.807, 2.05) is 0 Å². The molecule has 1 aliphatic rings. The number of anilines is 1. The maximum absolute atomic E-state index is 11.9. The van der Waals surface area contributed by atoms with Crippen molar-refractivity contribution in [3.8, 4) is 0 Å². The topological polar surface area (TPSA) is 285 Å². The third-order valence-corrected chi connectivity index (χ3v) is 7.90. The number of carbonyl (C=O) groups excluding carboxylic acids is 1. The van der Waals surface area contributed by atoms with Gasteiger partial charge in [0.1, 0.15) is 24.1 Å². The summed E-state index contributed by atoms with van der Waals surface area (Å²) in [4.78, 5) is 59.2. The van der Waals surface area contributed by atoms with E-state index in [1.54, 1.807) is 0 Å². The Balaban J connectivity index is 1.78. The van der Waals surface area contributed by atoms with Gasteiger partial charge in [-0.1, -0.05) is 0 Å². The summed E-state index contributed by atoms with van der Waals surface area (Å²) in [5.41, 5.74) is 6.03. The van der Waals surface area contributed by atoms with Crippen molar-refractivity contribution in [1.82, 2.24) is 19.5 Å². The third-order valence-electron chi connectivity index (χ3n) is 4.09. The van der Waals surface area contributed by atoms with E-state index < -0.39 is 60.6 Å². The fourth-order valence-electron chi connectivity index (χ4n) is 2.93. The van der Waals surface area contributed by atoms with Gasteiger partial charge in [0.25, 0.3) is 0 Å². The molecule has 19 nitrogen and oxygen atoms in total. The van der Waals surface area contributed by atoms with Gasteiger partial charge in [-0.3, -0.25) is 13.9 Å². The van der Waals surface area contributed by atoms with Gasteiger partial charge in [0, 0.05) is 6.92 Å². The van der Waals surface area contributed by atoms with Crippen LogP contribution in [0.5, 0.6) is 0 Å². The molecule has 0 radical (unpaired) electrons. The smallest absolute Gasteiger partial charge is 0.455 e. The fourth-order valence-corrected chi connectivity index (χ4v) is 5.96. The van der Waals surface area contributed by atoms with Crippen molar-refractivity contribution in [1.29, 1.82) is 0 Å². The maximum atomic E-state index is 11.9. The van der Waals surface area contributed by atoms with Crippen molar-refractivity contribution in [2.75, 3.05) is 12.3 Å². The first-order valence-electron chi connectivity index (χ1n) is 8.81. The number of phosphoric acid groups is 3. The quantitative estimate of drug-likeness (QED) is 0.160. The van der Waals surface area contributed by atoms with Crippen LogP contribution in [0.4, 0.5) is 5.82 Å². The number of esters is 1. The van der Waals surface area contributed by atoms with E-state index in [0.29, 0.717) is 0 Å². The molecule has 0 amide bonds. The minimum atomic E-state index is -5.74. The Kier molecular flexibility index (Phi) is 7.60. The van der Waals surface area contributed by atoms with Crippen molar-refractivity contribution < 1.29 is 65.8 Å². The molecule has 7 N–H and O–H groups in total. The second-order valence-electron chi connectivity index (χ2n) is 6.60. The standard InChI is InChI=1S/C12H18N5O14P3/c1-5(18)28-9-8(19)6(2-27-33(23,24)31-34(25,26)30-32(20,21)22)29-12(9)17-4-16-7-10(13)14-3-15-11(7)17/h3-4,6,8-9,12,19H,2H2,1H3,(H,23,24)(H,25,26)(H2,13,14,15)(H2,20,21,22)/t6-,8?,9?,12-/m1/s1. The summed E-state index contributed by atoms with van der Waals surface area (Å²) in [6.45, 7) is 0.0677. The Morgan fingerprint density at radius 1 is 1.15 bits per heavy atom. The molecule has 0 bridgehead atoms. The molecule has 0 saturated carbocycles. The van der Waals surface area contributed by atoms with Gasteiger partial charge in [0.2, 0.25) is 0 Å². The summed E-state index contributed by atoms with van der Waals surface area (Å²) < 4.78 is 57.7. The molecule has 190 valence electrons. The molecule has 2 aromatic rings. The number of aromatic nitrogens is 4. The van der Waals surface area contributed by atoms with Gasteiger partial charge in [-0.05, 0) is 0 Å². The zero-order valence-corrected chi connectivity index (χ0v) is 19.5. The number of nitrogens with two attached hydrogens (primary N) is 1. The fraction of sp³-hybridized carbons (Fsp3) is 0.500. The lowest BCUT2D eigenvalue weighted by molar-refractivity contribution is -0.155. The van der Waals surface area contributed by atoms with Crippen LogP contribution in [-0.2, 0) is 41.1 Å². The minimum absolute atomic E-state index is 0.0236. The number of imidazole rings is 1. The highest BCUT2D eigenvalue weighted by atomic mass is 31.3. The van der Waals surface area contributed by atoms with Crippen molar-refractivity contribution in [3.05, 3.63) is 12.7 Å². The van der Waals surface area contributed by atoms with E-state index in [1.165, 1.54) is 10.9 Å². The van der Waals surface area contributed by atoms with E-state index >= 15 is 0 Å². The van der Waals surface area contributed by atoms with Crippen LogP contribution in [0, 0.1) is 0 Å². The summed E-state index contributed by atoms with van der Waals surface area (Å²) in [6, 6.07) is 0. The van der Waals surface area contributed by atoms with Gasteiger partial charge in [-0.2, -0.15) is 8.62 Å². The summed E-state index contributed by atoms with van der Waals surface area (Å²) in [7, 11) is -16.8. The van der Waals surface area contributed by atoms with E-state index in [4.69, 9.17) is 25.0 Å². The Bertz CT molecular complexity index is 1220. The predicted molar refractivity (Wildman–Crippen MR) is 105 cm³/mol. The van der Waals surface area contributed by atoms with E-state index in [2.05, 4.69) is 28.1 Å². The highest BCUT2D eigenvalue weighted by molar-refractivity contribution is 7.66. The summed E-state index contributed by atoms with van der Waals surface area (Å²) in [5, 5.41) is 10.6. The van der Waals surface area contributed by atoms with Crippen molar-refractivity contribution in [2.45, 2.75) is 31.5 Å². The molecule has 1 aliphatic heterocycles. The van der Waals surface area contributed by atoms with Crippen LogP contribution in [0.1, 0.15) is 13.2 Å². The largest absolute Gasteiger partial charge is 0.490 e. The van der Waals surface area contributed by atoms with Crippen molar-refractivity contribution >= 4 is 46.4 Å². The first-order valence-corrected chi connectivity index (χ1v) is 13.3. The van der Waals surface area contributed by atoms with Gasteiger partial charge in [0.05, 0.1) is 12.9 Å². The Hall–Kier alpha value is -1.85. The molecular formula is C12H18N5O14P3. The zero-order chi connectivity index (χ0) is 25.5. The molecule has 34 heavy (non-hydrogen) atoms.